The normalized spacial score (nSPS) is 13.2. The molecule has 2 amide bonds. The van der Waals surface area contributed by atoms with Gasteiger partial charge in [-0.1, -0.05) is 0 Å². The van der Waals surface area contributed by atoms with Gasteiger partial charge < -0.3 is 19.9 Å². The molecule has 1 aliphatic rings. The quantitative estimate of drug-likeness (QED) is 0.526. The van der Waals surface area contributed by atoms with E-state index >= 15 is 0 Å². The second kappa shape index (κ2) is 11.0. The Hall–Kier alpha value is -3.98. The van der Waals surface area contributed by atoms with Crippen LogP contribution in [0.5, 0.6) is 5.75 Å². The fourth-order valence-corrected chi connectivity index (χ4v) is 3.99. The van der Waals surface area contributed by atoms with Gasteiger partial charge in [0.1, 0.15) is 11.6 Å². The van der Waals surface area contributed by atoms with Crippen LogP contribution in [0.4, 0.5) is 15.8 Å². The molecule has 0 aromatic heterocycles. The van der Waals surface area contributed by atoms with Crippen LogP contribution in [0.25, 0.3) is 0 Å². The van der Waals surface area contributed by atoms with Crippen molar-refractivity contribution in [2.24, 2.45) is 0 Å². The lowest BCUT2D eigenvalue weighted by atomic mass is 10.1. The topological polar surface area (TPSA) is 73.9 Å². The molecule has 0 bridgehead atoms. The van der Waals surface area contributed by atoms with Crippen molar-refractivity contribution in [3.63, 3.8) is 0 Å². The maximum atomic E-state index is 13.0. The number of anilines is 2. The number of nitrogens with zero attached hydrogens (tertiary/aromatic N) is 2. The molecule has 9 heteroatoms. The molecule has 0 aliphatic carbocycles. The molecule has 0 unspecified atom stereocenters. The number of piperazine rings is 1. The van der Waals surface area contributed by atoms with E-state index in [0.717, 1.165) is 30.2 Å². The number of rotatable bonds is 5. The van der Waals surface area contributed by atoms with Gasteiger partial charge in [-0.2, -0.15) is 0 Å². The lowest BCUT2D eigenvalue weighted by Crippen LogP contribution is -2.48. The van der Waals surface area contributed by atoms with Crippen molar-refractivity contribution in [1.29, 1.82) is 0 Å². The molecule has 3 aromatic rings. The number of benzene rings is 3. The van der Waals surface area contributed by atoms with Gasteiger partial charge in [0.15, 0.2) is 5.11 Å². The summed E-state index contributed by atoms with van der Waals surface area (Å²) in [7, 11) is 1.60. The number of thiocarbonyl (C=S) groups is 1. The average Bonchev–Trinajstić information content (AvgIpc) is 2.89. The first kappa shape index (κ1) is 24.2. The summed E-state index contributed by atoms with van der Waals surface area (Å²) in [6.45, 7) is 2.70. The predicted octanol–water partition coefficient (Wildman–Crippen LogP) is 3.92. The number of halogens is 1. The van der Waals surface area contributed by atoms with Crippen molar-refractivity contribution in [2.75, 3.05) is 43.5 Å². The van der Waals surface area contributed by atoms with Gasteiger partial charge in [-0.25, -0.2) is 4.39 Å². The molecule has 2 N–H and O–H groups in total. The molecule has 35 heavy (non-hydrogen) atoms. The lowest BCUT2D eigenvalue weighted by molar-refractivity contribution is 0.0746. The molecule has 1 aliphatic heterocycles. The van der Waals surface area contributed by atoms with E-state index in [4.69, 9.17) is 17.0 Å². The summed E-state index contributed by atoms with van der Waals surface area (Å²) in [5, 5.41) is 5.71. The van der Waals surface area contributed by atoms with Crippen LogP contribution < -0.4 is 20.3 Å². The highest BCUT2D eigenvalue weighted by molar-refractivity contribution is 7.80. The number of amides is 2. The van der Waals surface area contributed by atoms with Crippen molar-refractivity contribution >= 4 is 40.5 Å². The predicted molar refractivity (Wildman–Crippen MR) is 138 cm³/mol. The molecular weight excluding hydrogens is 467 g/mol. The monoisotopic (exact) mass is 492 g/mol. The summed E-state index contributed by atoms with van der Waals surface area (Å²) >= 11 is 5.22. The Kier molecular flexibility index (Phi) is 7.57. The number of methoxy groups -OCH3 is 1. The van der Waals surface area contributed by atoms with Crippen LogP contribution in [-0.4, -0.2) is 55.1 Å². The minimum atomic E-state index is -0.416. The summed E-state index contributed by atoms with van der Waals surface area (Å²) in [4.78, 5) is 29.1. The molecule has 1 saturated heterocycles. The van der Waals surface area contributed by atoms with Crippen LogP contribution >= 0.6 is 12.2 Å². The molecule has 1 heterocycles. The zero-order chi connectivity index (χ0) is 24.8. The van der Waals surface area contributed by atoms with Crippen molar-refractivity contribution in [3.8, 4) is 5.75 Å². The van der Waals surface area contributed by atoms with Crippen LogP contribution in [0.15, 0.2) is 72.8 Å². The molecule has 7 nitrogen and oxygen atoms in total. The summed E-state index contributed by atoms with van der Waals surface area (Å²) in [6.07, 6.45) is 0. The van der Waals surface area contributed by atoms with Gasteiger partial charge >= 0.3 is 0 Å². The van der Waals surface area contributed by atoms with Crippen LogP contribution in [0, 0.1) is 5.82 Å². The summed E-state index contributed by atoms with van der Waals surface area (Å²) in [6, 6.07) is 20.1. The third-order valence-corrected chi connectivity index (χ3v) is 5.93. The Morgan fingerprint density at radius 2 is 1.46 bits per heavy atom. The van der Waals surface area contributed by atoms with Crippen LogP contribution in [0.3, 0.4) is 0 Å². The number of hydrogen-bond acceptors (Lipinski definition) is 5. The molecule has 1 fully saturated rings. The molecule has 4 rings (SSSR count). The number of hydrogen-bond donors (Lipinski definition) is 2. The Morgan fingerprint density at radius 1 is 0.857 bits per heavy atom. The van der Waals surface area contributed by atoms with Gasteiger partial charge in [-0.3, -0.25) is 14.9 Å². The fraction of sp³-hybridized carbons (Fsp3) is 0.192. The first-order valence-electron chi connectivity index (χ1n) is 11.1. The molecule has 0 radical (unpaired) electrons. The number of carbonyl (C=O) groups is 2. The van der Waals surface area contributed by atoms with Crippen molar-refractivity contribution in [2.45, 2.75) is 0 Å². The molecule has 3 aromatic carbocycles. The van der Waals surface area contributed by atoms with Gasteiger partial charge in [-0.05, 0) is 85.0 Å². The second-order valence-electron chi connectivity index (χ2n) is 7.97. The Bertz CT molecular complexity index is 1190. The minimum Gasteiger partial charge on any atom is -0.497 e. The fourth-order valence-electron chi connectivity index (χ4n) is 3.78. The molecular formula is C26H25FN4O3S. The Balaban J connectivity index is 1.27. The number of nitrogens with one attached hydrogen (secondary N) is 2. The van der Waals surface area contributed by atoms with E-state index in [2.05, 4.69) is 15.5 Å². The van der Waals surface area contributed by atoms with Crippen LogP contribution in [0.1, 0.15) is 20.7 Å². The standard InChI is InChI=1S/C26H25FN4O3S/c1-34-23-12-4-19(5-13-23)25(33)31-16-14-30(15-17-31)22-10-8-21(9-11-22)28-26(35)29-24(32)18-2-6-20(27)7-3-18/h2-13H,14-17H2,1H3,(H2,28,29,32,35). The van der Waals surface area contributed by atoms with E-state index in [-0.39, 0.29) is 11.0 Å². The third kappa shape index (κ3) is 6.13. The lowest BCUT2D eigenvalue weighted by Gasteiger charge is -2.36. The first-order valence-corrected chi connectivity index (χ1v) is 11.5. The first-order chi connectivity index (χ1) is 16.9. The van der Waals surface area contributed by atoms with Crippen LogP contribution in [0.2, 0.25) is 0 Å². The summed E-state index contributed by atoms with van der Waals surface area (Å²) < 4.78 is 18.2. The second-order valence-corrected chi connectivity index (χ2v) is 8.38. The molecule has 0 saturated carbocycles. The van der Waals surface area contributed by atoms with E-state index in [1.807, 2.05) is 29.2 Å². The van der Waals surface area contributed by atoms with Gasteiger partial charge in [0, 0.05) is 48.7 Å². The summed E-state index contributed by atoms with van der Waals surface area (Å²) in [5.74, 6) is -0.0860. The SMILES string of the molecule is COc1ccc(C(=O)N2CCN(c3ccc(NC(=S)NC(=O)c4ccc(F)cc4)cc3)CC2)cc1. The zero-order valence-electron chi connectivity index (χ0n) is 19.2. The van der Waals surface area contributed by atoms with Gasteiger partial charge in [0.2, 0.25) is 0 Å². The Labute approximate surface area is 208 Å². The van der Waals surface area contributed by atoms with E-state index < -0.39 is 11.7 Å². The van der Waals surface area contributed by atoms with Gasteiger partial charge in [0.05, 0.1) is 7.11 Å². The smallest absolute Gasteiger partial charge is 0.257 e. The van der Waals surface area contributed by atoms with Crippen molar-refractivity contribution in [3.05, 3.63) is 89.7 Å². The molecule has 0 atom stereocenters. The van der Waals surface area contributed by atoms with Crippen molar-refractivity contribution < 1.29 is 18.7 Å². The van der Waals surface area contributed by atoms with Gasteiger partial charge in [0.25, 0.3) is 11.8 Å². The highest BCUT2D eigenvalue weighted by atomic mass is 32.1. The minimum absolute atomic E-state index is 0.0167. The maximum Gasteiger partial charge on any atom is 0.257 e. The molecule has 0 spiro atoms. The van der Waals surface area contributed by atoms with E-state index in [1.165, 1.54) is 24.3 Å². The maximum absolute atomic E-state index is 13.0. The summed E-state index contributed by atoms with van der Waals surface area (Å²) in [5.41, 5.74) is 2.73. The van der Waals surface area contributed by atoms with Crippen LogP contribution in [-0.2, 0) is 0 Å². The van der Waals surface area contributed by atoms with E-state index in [9.17, 15) is 14.0 Å². The number of carbonyl (C=O) groups excluding carboxylic acids is 2. The van der Waals surface area contributed by atoms with E-state index in [0.29, 0.717) is 24.2 Å². The Morgan fingerprint density at radius 3 is 2.06 bits per heavy atom. The van der Waals surface area contributed by atoms with E-state index in [1.54, 1.807) is 31.4 Å². The highest BCUT2D eigenvalue weighted by Gasteiger charge is 2.22. The highest BCUT2D eigenvalue weighted by Crippen LogP contribution is 2.21. The molecule has 180 valence electrons. The third-order valence-electron chi connectivity index (χ3n) is 5.73. The van der Waals surface area contributed by atoms with Gasteiger partial charge in [-0.15, -0.1) is 0 Å². The van der Waals surface area contributed by atoms with Crippen molar-refractivity contribution in [1.82, 2.24) is 10.2 Å². The zero-order valence-corrected chi connectivity index (χ0v) is 20.0. The average molecular weight is 493 g/mol. The number of ether oxygens (including phenoxy) is 1. The largest absolute Gasteiger partial charge is 0.497 e.